The highest BCUT2D eigenvalue weighted by atomic mass is 35.5. The van der Waals surface area contributed by atoms with Crippen LogP contribution in [0, 0.1) is 6.92 Å². The molecule has 1 saturated heterocycles. The summed E-state index contributed by atoms with van der Waals surface area (Å²) >= 11 is 5.97. The average molecular weight is 302 g/mol. The van der Waals surface area contributed by atoms with Crippen molar-refractivity contribution >= 4 is 21.6 Å². The minimum Gasteiger partial charge on any atom is -0.207 e. The maximum atomic E-state index is 12.8. The van der Waals surface area contributed by atoms with E-state index < -0.39 is 10.0 Å². The van der Waals surface area contributed by atoms with E-state index in [2.05, 4.69) is 0 Å². The fourth-order valence-corrected chi connectivity index (χ4v) is 4.86. The van der Waals surface area contributed by atoms with Crippen LogP contribution in [0.3, 0.4) is 0 Å². The molecule has 1 fully saturated rings. The van der Waals surface area contributed by atoms with Gasteiger partial charge in [-0.3, -0.25) is 0 Å². The first-order chi connectivity index (χ1) is 8.84. The average Bonchev–Trinajstić information content (AvgIpc) is 2.32. The highest BCUT2D eigenvalue weighted by Gasteiger charge is 2.35. The number of hydrogen-bond acceptors (Lipinski definition) is 2. The van der Waals surface area contributed by atoms with Gasteiger partial charge < -0.3 is 0 Å². The Kier molecular flexibility index (Phi) is 4.23. The first kappa shape index (κ1) is 14.8. The Bertz CT molecular complexity index is 561. The standard InChI is InChI=1S/C14H20ClNO2S/c1-10-9-13(7-8-14(10)15)19(17,18)16-11(2)5-4-6-12(16)3/h7-9,11-12H,4-6H2,1-3H3/t11-,12+. The summed E-state index contributed by atoms with van der Waals surface area (Å²) in [5.41, 5.74) is 0.792. The van der Waals surface area contributed by atoms with Crippen LogP contribution < -0.4 is 0 Å². The van der Waals surface area contributed by atoms with E-state index >= 15 is 0 Å². The van der Waals surface area contributed by atoms with Crippen LogP contribution in [0.4, 0.5) is 0 Å². The van der Waals surface area contributed by atoms with Crippen LogP contribution in [0.25, 0.3) is 0 Å². The van der Waals surface area contributed by atoms with Gasteiger partial charge in [0.2, 0.25) is 10.0 Å². The zero-order chi connectivity index (χ0) is 14.2. The van der Waals surface area contributed by atoms with Crippen molar-refractivity contribution in [1.82, 2.24) is 4.31 Å². The molecule has 0 amide bonds. The van der Waals surface area contributed by atoms with E-state index in [0.717, 1.165) is 24.8 Å². The van der Waals surface area contributed by atoms with Crippen molar-refractivity contribution in [3.8, 4) is 0 Å². The van der Waals surface area contributed by atoms with E-state index in [1.54, 1.807) is 22.5 Å². The number of halogens is 1. The Morgan fingerprint density at radius 2 is 1.79 bits per heavy atom. The molecule has 0 bridgehead atoms. The Balaban J connectivity index is 2.43. The second kappa shape index (κ2) is 5.43. The van der Waals surface area contributed by atoms with Crippen LogP contribution in [0.1, 0.15) is 38.7 Å². The van der Waals surface area contributed by atoms with Gasteiger partial charge in [0, 0.05) is 17.1 Å². The molecule has 1 aromatic rings. The highest BCUT2D eigenvalue weighted by Crippen LogP contribution is 2.30. The smallest absolute Gasteiger partial charge is 0.207 e. The fourth-order valence-electron chi connectivity index (χ4n) is 2.77. The van der Waals surface area contributed by atoms with Gasteiger partial charge in [0.15, 0.2) is 0 Å². The van der Waals surface area contributed by atoms with Gasteiger partial charge in [-0.2, -0.15) is 4.31 Å². The number of sulfonamides is 1. The minimum atomic E-state index is -3.42. The zero-order valence-corrected chi connectivity index (χ0v) is 13.1. The van der Waals surface area contributed by atoms with Crippen molar-refractivity contribution in [3.05, 3.63) is 28.8 Å². The van der Waals surface area contributed by atoms with Crippen LogP contribution >= 0.6 is 11.6 Å². The van der Waals surface area contributed by atoms with Crippen molar-refractivity contribution in [2.24, 2.45) is 0 Å². The number of nitrogens with zero attached hydrogens (tertiary/aromatic N) is 1. The summed E-state index contributed by atoms with van der Waals surface area (Å²) in [6.07, 6.45) is 2.94. The first-order valence-electron chi connectivity index (χ1n) is 6.63. The summed E-state index contributed by atoms with van der Waals surface area (Å²) in [6, 6.07) is 5.03. The Morgan fingerprint density at radius 1 is 1.21 bits per heavy atom. The molecule has 0 unspecified atom stereocenters. The topological polar surface area (TPSA) is 37.4 Å². The molecule has 2 atom stereocenters. The zero-order valence-electron chi connectivity index (χ0n) is 11.6. The fraction of sp³-hybridized carbons (Fsp3) is 0.571. The van der Waals surface area contributed by atoms with Crippen LogP contribution in [0.2, 0.25) is 5.02 Å². The van der Waals surface area contributed by atoms with Gasteiger partial charge in [-0.15, -0.1) is 0 Å². The molecule has 0 aromatic heterocycles. The Labute approximate surface area is 120 Å². The van der Waals surface area contributed by atoms with E-state index in [0.29, 0.717) is 9.92 Å². The largest absolute Gasteiger partial charge is 0.243 e. The van der Waals surface area contributed by atoms with Crippen LogP contribution in [-0.2, 0) is 10.0 Å². The summed E-state index contributed by atoms with van der Waals surface area (Å²) < 4.78 is 27.2. The normalized spacial score (nSPS) is 25.5. The Morgan fingerprint density at radius 3 is 2.32 bits per heavy atom. The molecule has 106 valence electrons. The molecule has 0 radical (unpaired) electrons. The number of benzene rings is 1. The molecule has 0 N–H and O–H groups in total. The lowest BCUT2D eigenvalue weighted by atomic mass is 10.0. The van der Waals surface area contributed by atoms with E-state index in [4.69, 9.17) is 11.6 Å². The molecule has 0 aliphatic carbocycles. The van der Waals surface area contributed by atoms with Crippen molar-refractivity contribution < 1.29 is 8.42 Å². The lowest BCUT2D eigenvalue weighted by Crippen LogP contribution is -2.47. The molecule has 19 heavy (non-hydrogen) atoms. The quantitative estimate of drug-likeness (QED) is 0.837. The van der Waals surface area contributed by atoms with Crippen LogP contribution in [-0.4, -0.2) is 24.8 Å². The molecule has 5 heteroatoms. The van der Waals surface area contributed by atoms with Crippen molar-refractivity contribution in [2.75, 3.05) is 0 Å². The molecule has 1 heterocycles. The molecule has 0 saturated carbocycles. The lowest BCUT2D eigenvalue weighted by molar-refractivity contribution is 0.204. The van der Waals surface area contributed by atoms with Crippen LogP contribution in [0.15, 0.2) is 23.1 Å². The second-order valence-electron chi connectivity index (χ2n) is 5.37. The molecule has 3 nitrogen and oxygen atoms in total. The maximum Gasteiger partial charge on any atom is 0.243 e. The van der Waals surface area contributed by atoms with Gasteiger partial charge in [0.1, 0.15) is 0 Å². The third-order valence-corrected chi connectivity index (χ3v) is 6.37. The van der Waals surface area contributed by atoms with E-state index in [1.165, 1.54) is 0 Å². The maximum absolute atomic E-state index is 12.8. The third-order valence-electron chi connectivity index (χ3n) is 3.82. The number of hydrogen-bond donors (Lipinski definition) is 0. The second-order valence-corrected chi connectivity index (χ2v) is 7.63. The van der Waals surface area contributed by atoms with Gasteiger partial charge in [-0.1, -0.05) is 18.0 Å². The van der Waals surface area contributed by atoms with Crippen LogP contribution in [0.5, 0.6) is 0 Å². The summed E-state index contributed by atoms with van der Waals surface area (Å²) in [5, 5.41) is 0.596. The summed E-state index contributed by atoms with van der Waals surface area (Å²) in [4.78, 5) is 0.343. The molecule has 0 spiro atoms. The van der Waals surface area contributed by atoms with Crippen molar-refractivity contribution in [1.29, 1.82) is 0 Å². The summed E-state index contributed by atoms with van der Waals surface area (Å²) in [5.74, 6) is 0. The minimum absolute atomic E-state index is 0.0599. The predicted octanol–water partition coefficient (Wildman–Crippen LogP) is 3.60. The molecule has 1 aliphatic rings. The molecular weight excluding hydrogens is 282 g/mol. The van der Waals surface area contributed by atoms with Gasteiger partial charge in [0.05, 0.1) is 4.90 Å². The van der Waals surface area contributed by atoms with Crippen molar-refractivity contribution in [3.63, 3.8) is 0 Å². The molecule has 1 aromatic carbocycles. The SMILES string of the molecule is Cc1cc(S(=O)(=O)N2[C@H](C)CCC[C@@H]2C)ccc1Cl. The predicted molar refractivity (Wildman–Crippen MR) is 78.0 cm³/mol. The first-order valence-corrected chi connectivity index (χ1v) is 8.45. The number of piperidine rings is 1. The van der Waals surface area contributed by atoms with E-state index in [9.17, 15) is 8.42 Å². The van der Waals surface area contributed by atoms with E-state index in [1.807, 2.05) is 20.8 Å². The third kappa shape index (κ3) is 2.81. The molecule has 2 rings (SSSR count). The summed E-state index contributed by atoms with van der Waals surface area (Å²) in [7, 11) is -3.42. The van der Waals surface area contributed by atoms with Gasteiger partial charge in [0.25, 0.3) is 0 Å². The van der Waals surface area contributed by atoms with Gasteiger partial charge in [-0.05, 0) is 57.4 Å². The number of aryl methyl sites for hydroxylation is 1. The lowest BCUT2D eigenvalue weighted by Gasteiger charge is -2.37. The highest BCUT2D eigenvalue weighted by molar-refractivity contribution is 7.89. The van der Waals surface area contributed by atoms with Crippen molar-refractivity contribution in [2.45, 2.75) is 57.0 Å². The monoisotopic (exact) mass is 301 g/mol. The number of rotatable bonds is 2. The van der Waals surface area contributed by atoms with Gasteiger partial charge in [-0.25, -0.2) is 8.42 Å². The Hall–Kier alpha value is -0.580. The molecule has 1 aliphatic heterocycles. The molecular formula is C14H20ClNO2S. The van der Waals surface area contributed by atoms with E-state index in [-0.39, 0.29) is 12.1 Å². The summed E-state index contributed by atoms with van der Waals surface area (Å²) in [6.45, 7) is 5.79. The van der Waals surface area contributed by atoms with Gasteiger partial charge >= 0.3 is 0 Å².